The van der Waals surface area contributed by atoms with E-state index in [4.69, 9.17) is 11.6 Å². The van der Waals surface area contributed by atoms with Crippen molar-refractivity contribution in [2.45, 2.75) is 6.92 Å². The van der Waals surface area contributed by atoms with Gasteiger partial charge >= 0.3 is 0 Å². The number of halogens is 1. The molecule has 9 heteroatoms. The summed E-state index contributed by atoms with van der Waals surface area (Å²) in [6.45, 7) is 1.72. The third kappa shape index (κ3) is 4.78. The number of amides is 1. The van der Waals surface area contributed by atoms with Crippen molar-refractivity contribution in [3.05, 3.63) is 51.2 Å². The summed E-state index contributed by atoms with van der Waals surface area (Å²) >= 11 is 7.42. The van der Waals surface area contributed by atoms with Crippen LogP contribution in [0.5, 0.6) is 0 Å². The summed E-state index contributed by atoms with van der Waals surface area (Å²) in [5, 5.41) is 6.39. The number of sulfonamides is 1. The number of rotatable bonds is 5. The van der Waals surface area contributed by atoms with Gasteiger partial charge < -0.3 is 0 Å². The Morgan fingerprint density at radius 1 is 1.26 bits per heavy atom. The van der Waals surface area contributed by atoms with Crippen molar-refractivity contribution < 1.29 is 13.2 Å². The number of hydrogen-bond donors (Lipinski definition) is 2. The predicted molar refractivity (Wildman–Crippen MR) is 93.9 cm³/mol. The summed E-state index contributed by atoms with van der Waals surface area (Å²) in [6.07, 6.45) is 1.02. The SMILES string of the molecule is C/C(=N\NC(=O)c1ccccc1NS(C)(=O)=O)c1sccc1Cl. The zero-order valence-electron chi connectivity index (χ0n) is 12.3. The van der Waals surface area contributed by atoms with Gasteiger partial charge in [-0.25, -0.2) is 13.8 Å². The first-order chi connectivity index (χ1) is 10.8. The van der Waals surface area contributed by atoms with Crippen molar-refractivity contribution >= 4 is 50.3 Å². The fourth-order valence-corrected chi connectivity index (χ4v) is 3.49. The highest BCUT2D eigenvalue weighted by molar-refractivity contribution is 7.92. The van der Waals surface area contributed by atoms with Crippen LogP contribution in [0, 0.1) is 0 Å². The second kappa shape index (κ2) is 7.12. The molecule has 2 aromatic rings. The van der Waals surface area contributed by atoms with Gasteiger partial charge in [-0.1, -0.05) is 23.7 Å². The monoisotopic (exact) mass is 371 g/mol. The van der Waals surface area contributed by atoms with Crippen LogP contribution in [0.1, 0.15) is 22.2 Å². The molecule has 0 saturated carbocycles. The summed E-state index contributed by atoms with van der Waals surface area (Å²) in [5.41, 5.74) is 3.33. The maximum Gasteiger partial charge on any atom is 0.273 e. The van der Waals surface area contributed by atoms with Gasteiger partial charge in [0.25, 0.3) is 5.91 Å². The van der Waals surface area contributed by atoms with E-state index in [1.807, 2.05) is 5.38 Å². The molecule has 1 aromatic heterocycles. The Hall–Kier alpha value is -1.90. The highest BCUT2D eigenvalue weighted by Crippen LogP contribution is 2.22. The van der Waals surface area contributed by atoms with Crippen LogP contribution in [0.3, 0.4) is 0 Å². The molecular weight excluding hydrogens is 358 g/mol. The van der Waals surface area contributed by atoms with E-state index in [0.29, 0.717) is 10.7 Å². The molecule has 23 heavy (non-hydrogen) atoms. The van der Waals surface area contributed by atoms with Crippen LogP contribution in [0.2, 0.25) is 5.02 Å². The van der Waals surface area contributed by atoms with Crippen molar-refractivity contribution in [2.24, 2.45) is 5.10 Å². The lowest BCUT2D eigenvalue weighted by atomic mass is 10.2. The molecule has 0 spiro atoms. The van der Waals surface area contributed by atoms with Crippen LogP contribution < -0.4 is 10.1 Å². The van der Waals surface area contributed by atoms with Crippen LogP contribution in [-0.4, -0.2) is 26.3 Å². The summed E-state index contributed by atoms with van der Waals surface area (Å²) < 4.78 is 25.0. The van der Waals surface area contributed by atoms with Gasteiger partial charge in [-0.05, 0) is 30.5 Å². The molecule has 2 N–H and O–H groups in total. The largest absolute Gasteiger partial charge is 0.283 e. The second-order valence-electron chi connectivity index (χ2n) is 4.66. The molecule has 0 bridgehead atoms. The number of thiophene rings is 1. The Bertz CT molecular complexity index is 860. The van der Waals surface area contributed by atoms with E-state index in [-0.39, 0.29) is 11.3 Å². The molecule has 0 aliphatic carbocycles. The third-order valence-corrected chi connectivity index (χ3v) is 4.78. The Morgan fingerprint density at radius 2 is 1.96 bits per heavy atom. The quantitative estimate of drug-likeness (QED) is 0.625. The fraction of sp³-hybridized carbons (Fsp3) is 0.143. The van der Waals surface area contributed by atoms with Crippen LogP contribution >= 0.6 is 22.9 Å². The molecule has 1 amide bonds. The predicted octanol–water partition coefficient (Wildman–Crippen LogP) is 2.93. The number of carbonyl (C=O) groups is 1. The van der Waals surface area contributed by atoms with Crippen molar-refractivity contribution in [3.8, 4) is 0 Å². The van der Waals surface area contributed by atoms with Gasteiger partial charge in [-0.15, -0.1) is 11.3 Å². The van der Waals surface area contributed by atoms with Gasteiger partial charge in [0.15, 0.2) is 0 Å². The van der Waals surface area contributed by atoms with Crippen LogP contribution in [0.15, 0.2) is 40.8 Å². The van der Waals surface area contributed by atoms with Gasteiger partial charge in [0.05, 0.1) is 33.1 Å². The standard InChI is InChI=1S/C14H14ClN3O3S2/c1-9(13-11(15)7-8-22-13)16-17-14(19)10-5-3-4-6-12(10)18-23(2,20)21/h3-8,18H,1-2H3,(H,17,19)/b16-9+. The van der Waals surface area contributed by atoms with E-state index in [0.717, 1.165) is 11.1 Å². The fourth-order valence-electron chi connectivity index (χ4n) is 1.77. The van der Waals surface area contributed by atoms with Crippen molar-refractivity contribution in [1.82, 2.24) is 5.43 Å². The number of carbonyl (C=O) groups excluding carboxylic acids is 1. The molecular formula is C14H14ClN3O3S2. The van der Waals surface area contributed by atoms with Crippen molar-refractivity contribution in [3.63, 3.8) is 0 Å². The van der Waals surface area contributed by atoms with Gasteiger partial charge in [0.2, 0.25) is 10.0 Å². The van der Waals surface area contributed by atoms with Gasteiger partial charge in [0.1, 0.15) is 0 Å². The Labute approximate surface area is 143 Å². The number of para-hydroxylation sites is 1. The van der Waals surface area contributed by atoms with Gasteiger partial charge in [-0.3, -0.25) is 9.52 Å². The zero-order valence-corrected chi connectivity index (χ0v) is 14.7. The first-order valence-electron chi connectivity index (χ1n) is 6.43. The molecule has 1 heterocycles. The summed E-state index contributed by atoms with van der Waals surface area (Å²) in [6, 6.07) is 8.02. The summed E-state index contributed by atoms with van der Waals surface area (Å²) in [7, 11) is -3.49. The minimum absolute atomic E-state index is 0.173. The topological polar surface area (TPSA) is 87.6 Å². The average molecular weight is 372 g/mol. The first kappa shape index (κ1) is 17.5. The van der Waals surface area contributed by atoms with Gasteiger partial charge in [0, 0.05) is 0 Å². The molecule has 122 valence electrons. The zero-order chi connectivity index (χ0) is 17.0. The minimum atomic E-state index is -3.49. The smallest absolute Gasteiger partial charge is 0.273 e. The molecule has 0 saturated heterocycles. The third-order valence-electron chi connectivity index (χ3n) is 2.74. The van der Waals surface area contributed by atoms with Crippen LogP contribution in [-0.2, 0) is 10.0 Å². The minimum Gasteiger partial charge on any atom is -0.283 e. The van der Waals surface area contributed by atoms with E-state index in [1.54, 1.807) is 25.1 Å². The summed E-state index contributed by atoms with van der Waals surface area (Å²) in [5.74, 6) is -0.524. The van der Waals surface area contributed by atoms with E-state index in [1.165, 1.54) is 23.5 Å². The van der Waals surface area contributed by atoms with Gasteiger partial charge in [-0.2, -0.15) is 5.10 Å². The highest BCUT2D eigenvalue weighted by atomic mass is 35.5. The number of hydrogen-bond acceptors (Lipinski definition) is 5. The number of nitrogens with zero attached hydrogens (tertiary/aromatic N) is 1. The second-order valence-corrected chi connectivity index (χ2v) is 7.73. The Kier molecular flexibility index (Phi) is 5.40. The molecule has 6 nitrogen and oxygen atoms in total. The maximum absolute atomic E-state index is 12.2. The van der Waals surface area contributed by atoms with E-state index in [2.05, 4.69) is 15.2 Å². The molecule has 0 radical (unpaired) electrons. The van der Waals surface area contributed by atoms with E-state index < -0.39 is 15.9 Å². The first-order valence-corrected chi connectivity index (χ1v) is 9.57. The number of nitrogens with one attached hydrogen (secondary N) is 2. The molecule has 1 aromatic carbocycles. The number of anilines is 1. The van der Waals surface area contributed by atoms with E-state index >= 15 is 0 Å². The molecule has 0 unspecified atom stereocenters. The van der Waals surface area contributed by atoms with Crippen LogP contribution in [0.25, 0.3) is 0 Å². The summed E-state index contributed by atoms with van der Waals surface area (Å²) in [4.78, 5) is 13.0. The molecule has 0 fully saturated rings. The van der Waals surface area contributed by atoms with Crippen LogP contribution in [0.4, 0.5) is 5.69 Å². The van der Waals surface area contributed by atoms with E-state index in [9.17, 15) is 13.2 Å². The normalized spacial score (nSPS) is 12.0. The lowest BCUT2D eigenvalue weighted by Gasteiger charge is -2.09. The number of hydrazone groups is 1. The molecule has 0 atom stereocenters. The average Bonchev–Trinajstić information content (AvgIpc) is 2.89. The Balaban J connectivity index is 2.20. The molecule has 2 rings (SSSR count). The number of benzene rings is 1. The lowest BCUT2D eigenvalue weighted by molar-refractivity contribution is 0.0955. The highest BCUT2D eigenvalue weighted by Gasteiger charge is 2.13. The lowest BCUT2D eigenvalue weighted by Crippen LogP contribution is -2.22. The molecule has 0 aliphatic heterocycles. The maximum atomic E-state index is 12.2. The Morgan fingerprint density at radius 3 is 2.57 bits per heavy atom. The molecule has 0 aliphatic rings. The van der Waals surface area contributed by atoms with Crippen molar-refractivity contribution in [1.29, 1.82) is 0 Å². The van der Waals surface area contributed by atoms with Crippen molar-refractivity contribution in [2.75, 3.05) is 11.0 Å².